The highest BCUT2D eigenvalue weighted by Gasteiger charge is 2.31. The van der Waals surface area contributed by atoms with Crippen molar-refractivity contribution in [3.8, 4) is 11.3 Å². The number of amides is 2. The van der Waals surface area contributed by atoms with Crippen LogP contribution in [0.5, 0.6) is 0 Å². The molecule has 5 rings (SSSR count). The summed E-state index contributed by atoms with van der Waals surface area (Å²) in [7, 11) is 0. The molecule has 0 spiro atoms. The Labute approximate surface area is 198 Å². The standard InChI is InChI=1S/C26H29FN4O3/c1-18-2-10-22(11-3-18)28-26(32)31(16-19-4-5-19)17-23-24(20-6-8-21(27)9-7-20)29-34-25(23)30-12-14-33-15-13-30/h2-3,6-11,19H,4-5,12-17H2,1H3,(H,28,32). The Morgan fingerprint density at radius 3 is 2.50 bits per heavy atom. The lowest BCUT2D eigenvalue weighted by Crippen LogP contribution is -2.38. The van der Waals surface area contributed by atoms with Crippen LogP contribution in [0.25, 0.3) is 11.3 Å². The first-order chi connectivity index (χ1) is 16.6. The van der Waals surface area contributed by atoms with Gasteiger partial charge in [-0.1, -0.05) is 22.9 Å². The Morgan fingerprint density at radius 1 is 1.12 bits per heavy atom. The average Bonchev–Trinajstić information content (AvgIpc) is 3.58. The summed E-state index contributed by atoms with van der Waals surface area (Å²) in [5.41, 5.74) is 4.11. The highest BCUT2D eigenvalue weighted by atomic mass is 19.1. The number of morpholine rings is 1. The van der Waals surface area contributed by atoms with Gasteiger partial charge in [-0.15, -0.1) is 0 Å². The van der Waals surface area contributed by atoms with Crippen LogP contribution < -0.4 is 10.2 Å². The molecule has 1 saturated carbocycles. The Morgan fingerprint density at radius 2 is 1.82 bits per heavy atom. The van der Waals surface area contributed by atoms with E-state index in [1.54, 1.807) is 12.1 Å². The fraction of sp³-hybridized carbons (Fsp3) is 0.385. The van der Waals surface area contributed by atoms with Gasteiger partial charge < -0.3 is 24.4 Å². The summed E-state index contributed by atoms with van der Waals surface area (Å²) in [6, 6.07) is 13.8. The van der Waals surface area contributed by atoms with Crippen LogP contribution in [-0.4, -0.2) is 48.9 Å². The molecule has 0 atom stereocenters. The topological polar surface area (TPSA) is 70.8 Å². The smallest absolute Gasteiger partial charge is 0.322 e. The molecule has 3 aromatic rings. The Bertz CT molecular complexity index is 1120. The second kappa shape index (κ2) is 9.85. The van der Waals surface area contributed by atoms with Gasteiger partial charge in [0.05, 0.1) is 25.3 Å². The molecular weight excluding hydrogens is 435 g/mol. The van der Waals surface area contributed by atoms with Crippen molar-refractivity contribution in [3.63, 3.8) is 0 Å². The number of hydrogen-bond acceptors (Lipinski definition) is 5. The summed E-state index contributed by atoms with van der Waals surface area (Å²) >= 11 is 0. The van der Waals surface area contributed by atoms with Gasteiger partial charge in [-0.05, 0) is 62.1 Å². The number of nitrogens with one attached hydrogen (secondary N) is 1. The third kappa shape index (κ3) is 5.22. The molecule has 1 N–H and O–H groups in total. The zero-order chi connectivity index (χ0) is 23.5. The van der Waals surface area contributed by atoms with Crippen LogP contribution in [0, 0.1) is 18.7 Å². The van der Waals surface area contributed by atoms with Gasteiger partial charge in [0, 0.05) is 30.9 Å². The van der Waals surface area contributed by atoms with Gasteiger partial charge in [0.25, 0.3) is 0 Å². The lowest BCUT2D eigenvalue weighted by Gasteiger charge is -2.28. The molecule has 178 valence electrons. The van der Waals surface area contributed by atoms with Gasteiger partial charge in [-0.3, -0.25) is 0 Å². The molecular formula is C26H29FN4O3. The van der Waals surface area contributed by atoms with Gasteiger partial charge in [0.1, 0.15) is 11.5 Å². The summed E-state index contributed by atoms with van der Waals surface area (Å²) in [6.45, 7) is 5.59. The first kappa shape index (κ1) is 22.4. The molecule has 1 saturated heterocycles. The molecule has 8 heteroatoms. The van der Waals surface area contributed by atoms with E-state index in [0.717, 1.165) is 35.2 Å². The predicted molar refractivity (Wildman–Crippen MR) is 128 cm³/mol. The fourth-order valence-electron chi connectivity index (χ4n) is 4.15. The third-order valence-electron chi connectivity index (χ3n) is 6.30. The van der Waals surface area contributed by atoms with Crippen molar-refractivity contribution < 1.29 is 18.4 Å². The number of nitrogens with zero attached hydrogens (tertiary/aromatic N) is 3. The molecule has 2 fully saturated rings. The van der Waals surface area contributed by atoms with Crippen LogP contribution in [0.4, 0.5) is 20.8 Å². The van der Waals surface area contributed by atoms with Crippen molar-refractivity contribution in [2.24, 2.45) is 5.92 Å². The van der Waals surface area contributed by atoms with Crippen molar-refractivity contribution in [2.75, 3.05) is 43.1 Å². The number of carbonyl (C=O) groups excluding carboxylic acids is 1. The van der Waals surface area contributed by atoms with Gasteiger partial charge in [0.15, 0.2) is 0 Å². The minimum absolute atomic E-state index is 0.157. The zero-order valence-corrected chi connectivity index (χ0v) is 19.3. The molecule has 0 radical (unpaired) electrons. The second-order valence-electron chi connectivity index (χ2n) is 9.04. The first-order valence-electron chi connectivity index (χ1n) is 11.8. The highest BCUT2D eigenvalue weighted by molar-refractivity contribution is 5.89. The summed E-state index contributed by atoms with van der Waals surface area (Å²) < 4.78 is 24.9. The van der Waals surface area contributed by atoms with Crippen LogP contribution in [0.15, 0.2) is 53.1 Å². The van der Waals surface area contributed by atoms with Crippen LogP contribution in [0.2, 0.25) is 0 Å². The van der Waals surface area contributed by atoms with Gasteiger partial charge in [-0.25, -0.2) is 9.18 Å². The number of halogens is 1. The summed E-state index contributed by atoms with van der Waals surface area (Å²) in [5.74, 6) is 0.839. The van der Waals surface area contributed by atoms with E-state index in [4.69, 9.17) is 9.26 Å². The maximum Gasteiger partial charge on any atom is 0.322 e. The molecule has 2 aromatic carbocycles. The number of hydrogen-bond donors (Lipinski definition) is 1. The van der Waals surface area contributed by atoms with E-state index < -0.39 is 0 Å². The number of urea groups is 1. The van der Waals surface area contributed by atoms with Crippen molar-refractivity contribution in [1.29, 1.82) is 0 Å². The number of benzene rings is 2. The lowest BCUT2D eigenvalue weighted by atomic mass is 10.1. The van der Waals surface area contributed by atoms with Crippen molar-refractivity contribution in [3.05, 3.63) is 65.5 Å². The molecule has 1 aliphatic carbocycles. The Kier molecular flexibility index (Phi) is 6.49. The van der Waals surface area contributed by atoms with E-state index in [0.29, 0.717) is 56.9 Å². The minimum atomic E-state index is -0.310. The van der Waals surface area contributed by atoms with Crippen LogP contribution in [0.3, 0.4) is 0 Å². The molecule has 1 aromatic heterocycles. The molecule has 2 amide bonds. The van der Waals surface area contributed by atoms with E-state index in [9.17, 15) is 9.18 Å². The van der Waals surface area contributed by atoms with E-state index in [-0.39, 0.29) is 11.8 Å². The Balaban J connectivity index is 1.45. The van der Waals surface area contributed by atoms with Crippen molar-refractivity contribution in [2.45, 2.75) is 26.3 Å². The number of anilines is 2. The van der Waals surface area contributed by atoms with Crippen LogP contribution in [-0.2, 0) is 11.3 Å². The lowest BCUT2D eigenvalue weighted by molar-refractivity contribution is 0.120. The SMILES string of the molecule is Cc1ccc(NC(=O)N(Cc2c(-c3ccc(F)cc3)noc2N2CCOCC2)CC2CC2)cc1. The second-order valence-corrected chi connectivity index (χ2v) is 9.04. The normalized spacial score (nSPS) is 15.9. The monoisotopic (exact) mass is 464 g/mol. The fourth-order valence-corrected chi connectivity index (χ4v) is 4.15. The summed E-state index contributed by atoms with van der Waals surface area (Å²) in [4.78, 5) is 17.3. The molecule has 0 bridgehead atoms. The first-order valence-corrected chi connectivity index (χ1v) is 11.8. The number of carbonyl (C=O) groups is 1. The number of aryl methyl sites for hydroxylation is 1. The summed E-state index contributed by atoms with van der Waals surface area (Å²) in [6.07, 6.45) is 2.25. The molecule has 0 unspecified atom stereocenters. The zero-order valence-electron chi connectivity index (χ0n) is 19.3. The van der Waals surface area contributed by atoms with Gasteiger partial charge in [-0.2, -0.15) is 0 Å². The number of ether oxygens (including phenoxy) is 1. The predicted octanol–water partition coefficient (Wildman–Crippen LogP) is 5.07. The number of rotatable bonds is 7. The Hall–Kier alpha value is -3.39. The van der Waals surface area contributed by atoms with E-state index in [1.807, 2.05) is 36.1 Å². The maximum atomic E-state index is 13.6. The molecule has 2 heterocycles. The highest BCUT2D eigenvalue weighted by Crippen LogP contribution is 2.35. The quantitative estimate of drug-likeness (QED) is 0.529. The van der Waals surface area contributed by atoms with Gasteiger partial charge in [0.2, 0.25) is 5.88 Å². The van der Waals surface area contributed by atoms with Gasteiger partial charge >= 0.3 is 6.03 Å². The van der Waals surface area contributed by atoms with E-state index in [2.05, 4.69) is 15.4 Å². The molecule has 2 aliphatic rings. The maximum absolute atomic E-state index is 13.6. The molecule has 34 heavy (non-hydrogen) atoms. The van der Waals surface area contributed by atoms with E-state index in [1.165, 1.54) is 12.1 Å². The summed E-state index contributed by atoms with van der Waals surface area (Å²) in [5, 5.41) is 7.39. The van der Waals surface area contributed by atoms with Crippen LogP contribution in [0.1, 0.15) is 24.0 Å². The van der Waals surface area contributed by atoms with Crippen molar-refractivity contribution >= 4 is 17.6 Å². The largest absolute Gasteiger partial charge is 0.378 e. The molecule has 7 nitrogen and oxygen atoms in total. The average molecular weight is 465 g/mol. The van der Waals surface area contributed by atoms with E-state index >= 15 is 0 Å². The third-order valence-corrected chi connectivity index (χ3v) is 6.30. The van der Waals surface area contributed by atoms with Crippen molar-refractivity contribution in [1.82, 2.24) is 10.1 Å². The minimum Gasteiger partial charge on any atom is -0.378 e. The molecule has 1 aliphatic heterocycles. The number of aromatic nitrogens is 1. The van der Waals surface area contributed by atoms with Crippen LogP contribution >= 0.6 is 0 Å².